The first-order chi connectivity index (χ1) is 6.97. The lowest BCUT2D eigenvalue weighted by molar-refractivity contribution is -0.193. The van der Waals surface area contributed by atoms with Crippen LogP contribution in [-0.2, 0) is 9.53 Å². The molecule has 1 saturated heterocycles. The maximum Gasteiger partial charge on any atom is 0.306 e. The largest absolute Gasteiger partial charge is 0.481 e. The van der Waals surface area contributed by atoms with Gasteiger partial charge >= 0.3 is 5.97 Å². The number of nitrogens with two attached hydrogens (primary N) is 1. The summed E-state index contributed by atoms with van der Waals surface area (Å²) in [5.74, 6) is -1.12. The molecular formula is C8H15NO6. The van der Waals surface area contributed by atoms with Crippen LogP contribution in [0, 0.1) is 0 Å². The molecule has 0 saturated carbocycles. The zero-order valence-corrected chi connectivity index (χ0v) is 7.98. The molecule has 0 aromatic rings. The van der Waals surface area contributed by atoms with Crippen molar-refractivity contribution in [3.05, 3.63) is 0 Å². The Kier molecular flexibility index (Phi) is 4.00. The van der Waals surface area contributed by atoms with Crippen LogP contribution in [0.15, 0.2) is 0 Å². The third-order valence-corrected chi connectivity index (χ3v) is 2.46. The Morgan fingerprint density at radius 2 is 1.87 bits per heavy atom. The quantitative estimate of drug-likeness (QED) is 0.349. The number of carbonyl (C=O) groups is 1. The van der Waals surface area contributed by atoms with Gasteiger partial charge in [-0.25, -0.2) is 0 Å². The molecule has 1 rings (SSSR count). The predicted molar refractivity (Wildman–Crippen MR) is 48.0 cm³/mol. The van der Waals surface area contributed by atoms with Gasteiger partial charge in [0.1, 0.15) is 18.3 Å². The SMILES string of the molecule is N[C@@H]1[C@@H](O)[C@H](O)[C@@H](CO)O[C@H]1CC(=O)O. The summed E-state index contributed by atoms with van der Waals surface area (Å²) in [7, 11) is 0. The van der Waals surface area contributed by atoms with Gasteiger partial charge in [0.05, 0.1) is 25.2 Å². The summed E-state index contributed by atoms with van der Waals surface area (Å²) in [6, 6.07) is -0.973. The number of hydrogen-bond donors (Lipinski definition) is 5. The number of carboxylic acids is 1. The Hall–Kier alpha value is -0.730. The Morgan fingerprint density at radius 1 is 1.27 bits per heavy atom. The van der Waals surface area contributed by atoms with Crippen molar-refractivity contribution in [2.24, 2.45) is 5.73 Å². The Morgan fingerprint density at radius 3 is 2.33 bits per heavy atom. The van der Waals surface area contributed by atoms with Crippen LogP contribution < -0.4 is 5.73 Å². The first kappa shape index (κ1) is 12.3. The van der Waals surface area contributed by atoms with Gasteiger partial charge in [-0.05, 0) is 0 Å². The summed E-state index contributed by atoms with van der Waals surface area (Å²) in [4.78, 5) is 10.5. The number of aliphatic hydroxyl groups is 3. The minimum absolute atomic E-state index is 0.374. The van der Waals surface area contributed by atoms with Gasteiger partial charge in [-0.3, -0.25) is 4.79 Å². The van der Waals surface area contributed by atoms with E-state index in [1.54, 1.807) is 0 Å². The summed E-state index contributed by atoms with van der Waals surface area (Å²) < 4.78 is 5.08. The van der Waals surface area contributed by atoms with Crippen LogP contribution in [-0.4, -0.2) is 63.5 Å². The maximum absolute atomic E-state index is 10.5. The number of aliphatic carboxylic acids is 1. The molecule has 1 aliphatic heterocycles. The minimum Gasteiger partial charge on any atom is -0.481 e. The van der Waals surface area contributed by atoms with Gasteiger partial charge < -0.3 is 30.9 Å². The van der Waals surface area contributed by atoms with Gasteiger partial charge in [0.2, 0.25) is 0 Å². The molecule has 0 bridgehead atoms. The second kappa shape index (κ2) is 4.86. The van der Waals surface area contributed by atoms with E-state index in [9.17, 15) is 15.0 Å². The molecule has 1 fully saturated rings. The molecule has 0 aromatic carbocycles. The van der Waals surface area contributed by atoms with E-state index in [4.69, 9.17) is 20.7 Å². The molecule has 15 heavy (non-hydrogen) atoms. The lowest BCUT2D eigenvalue weighted by atomic mass is 9.92. The molecule has 6 N–H and O–H groups in total. The summed E-state index contributed by atoms with van der Waals surface area (Å²) in [6.07, 6.45) is -4.86. The van der Waals surface area contributed by atoms with Crippen LogP contribution in [0.1, 0.15) is 6.42 Å². The predicted octanol–water partition coefficient (Wildman–Crippen LogP) is -2.73. The molecular weight excluding hydrogens is 206 g/mol. The zero-order chi connectivity index (χ0) is 11.6. The number of rotatable bonds is 3. The van der Waals surface area contributed by atoms with E-state index in [2.05, 4.69) is 0 Å². The molecule has 0 spiro atoms. The fourth-order valence-electron chi connectivity index (χ4n) is 1.57. The second-order valence-corrected chi connectivity index (χ2v) is 3.55. The molecule has 0 aromatic heterocycles. The number of hydrogen-bond acceptors (Lipinski definition) is 6. The molecule has 1 aliphatic rings. The van der Waals surface area contributed by atoms with E-state index >= 15 is 0 Å². The van der Waals surface area contributed by atoms with Crippen molar-refractivity contribution in [3.8, 4) is 0 Å². The van der Waals surface area contributed by atoms with Crippen molar-refractivity contribution in [2.45, 2.75) is 36.9 Å². The molecule has 5 atom stereocenters. The van der Waals surface area contributed by atoms with E-state index in [0.29, 0.717) is 0 Å². The summed E-state index contributed by atoms with van der Waals surface area (Å²) in [5, 5.41) is 36.3. The number of carboxylic acid groups (broad SMARTS) is 1. The topological polar surface area (TPSA) is 133 Å². The van der Waals surface area contributed by atoms with Gasteiger partial charge in [0.25, 0.3) is 0 Å². The van der Waals surface area contributed by atoms with Gasteiger partial charge in [0, 0.05) is 0 Å². The van der Waals surface area contributed by atoms with Crippen molar-refractivity contribution in [2.75, 3.05) is 6.61 Å². The first-order valence-electron chi connectivity index (χ1n) is 4.57. The van der Waals surface area contributed by atoms with E-state index < -0.39 is 43.0 Å². The normalized spacial score (nSPS) is 41.5. The van der Waals surface area contributed by atoms with Gasteiger partial charge in [-0.1, -0.05) is 0 Å². The highest BCUT2D eigenvalue weighted by Gasteiger charge is 2.42. The number of aliphatic hydroxyl groups excluding tert-OH is 3. The Balaban J connectivity index is 2.69. The van der Waals surface area contributed by atoms with Crippen molar-refractivity contribution < 1.29 is 30.0 Å². The van der Waals surface area contributed by atoms with Crippen molar-refractivity contribution in [3.63, 3.8) is 0 Å². The standard InChI is InChI=1S/C8H15NO6/c9-6-3(1-5(11)12)15-4(2-10)7(13)8(6)14/h3-4,6-8,10,13-14H,1-2,9H2,(H,11,12)/t3-,4+,6-,7+,8+/m0/s1. The minimum atomic E-state index is -1.30. The summed E-state index contributed by atoms with van der Waals surface area (Å²) in [6.45, 7) is -0.499. The Labute approximate surface area is 86.1 Å². The van der Waals surface area contributed by atoms with Crippen molar-refractivity contribution in [1.82, 2.24) is 0 Å². The average Bonchev–Trinajstić information content (AvgIpc) is 2.18. The molecule has 7 nitrogen and oxygen atoms in total. The zero-order valence-electron chi connectivity index (χ0n) is 7.98. The molecule has 0 aliphatic carbocycles. The molecule has 0 radical (unpaired) electrons. The van der Waals surface area contributed by atoms with Crippen molar-refractivity contribution >= 4 is 5.97 Å². The average molecular weight is 221 g/mol. The fraction of sp³-hybridized carbons (Fsp3) is 0.875. The smallest absolute Gasteiger partial charge is 0.306 e. The molecule has 88 valence electrons. The second-order valence-electron chi connectivity index (χ2n) is 3.55. The summed E-state index contributed by atoms with van der Waals surface area (Å²) >= 11 is 0. The number of ether oxygens (including phenoxy) is 1. The molecule has 0 unspecified atom stereocenters. The van der Waals surface area contributed by atoms with Crippen LogP contribution in [0.2, 0.25) is 0 Å². The Bertz CT molecular complexity index is 233. The lowest BCUT2D eigenvalue weighted by Crippen LogP contribution is -2.62. The van der Waals surface area contributed by atoms with Crippen LogP contribution in [0.4, 0.5) is 0 Å². The third kappa shape index (κ3) is 2.64. The lowest BCUT2D eigenvalue weighted by Gasteiger charge is -2.40. The van der Waals surface area contributed by atoms with Crippen LogP contribution in [0.25, 0.3) is 0 Å². The van der Waals surface area contributed by atoms with Crippen LogP contribution >= 0.6 is 0 Å². The summed E-state index contributed by atoms with van der Waals surface area (Å²) in [5.41, 5.74) is 5.50. The highest BCUT2D eigenvalue weighted by molar-refractivity contribution is 5.67. The van der Waals surface area contributed by atoms with E-state index in [-0.39, 0.29) is 6.42 Å². The van der Waals surface area contributed by atoms with E-state index in [0.717, 1.165) is 0 Å². The third-order valence-electron chi connectivity index (χ3n) is 2.46. The van der Waals surface area contributed by atoms with Gasteiger partial charge in [-0.2, -0.15) is 0 Å². The van der Waals surface area contributed by atoms with E-state index in [1.165, 1.54) is 0 Å². The van der Waals surface area contributed by atoms with E-state index in [1.807, 2.05) is 0 Å². The van der Waals surface area contributed by atoms with Crippen LogP contribution in [0.3, 0.4) is 0 Å². The first-order valence-corrected chi connectivity index (χ1v) is 4.57. The maximum atomic E-state index is 10.5. The van der Waals surface area contributed by atoms with Crippen LogP contribution in [0.5, 0.6) is 0 Å². The highest BCUT2D eigenvalue weighted by Crippen LogP contribution is 2.21. The highest BCUT2D eigenvalue weighted by atomic mass is 16.5. The van der Waals surface area contributed by atoms with Crippen molar-refractivity contribution in [1.29, 1.82) is 0 Å². The monoisotopic (exact) mass is 221 g/mol. The molecule has 7 heteroatoms. The molecule has 0 amide bonds. The van der Waals surface area contributed by atoms with Gasteiger partial charge in [0.15, 0.2) is 0 Å². The molecule has 1 heterocycles. The van der Waals surface area contributed by atoms with Gasteiger partial charge in [-0.15, -0.1) is 0 Å². The fourth-order valence-corrected chi connectivity index (χ4v) is 1.57.